The van der Waals surface area contributed by atoms with Crippen LogP contribution in [-0.2, 0) is 16.1 Å². The van der Waals surface area contributed by atoms with Gasteiger partial charge in [0.05, 0.1) is 23.5 Å². The molecule has 0 saturated heterocycles. The maximum atomic E-state index is 13.6. The van der Waals surface area contributed by atoms with Gasteiger partial charge in [-0.2, -0.15) is 0 Å². The van der Waals surface area contributed by atoms with Crippen molar-refractivity contribution >= 4 is 17.6 Å². The van der Waals surface area contributed by atoms with Gasteiger partial charge in [0, 0.05) is 12.4 Å². The number of carbonyl (C=O) groups is 2. The van der Waals surface area contributed by atoms with Gasteiger partial charge in [0.15, 0.2) is 0 Å². The molecular formula is C22H20FN3O5. The highest BCUT2D eigenvalue weighted by atomic mass is 19.1. The lowest BCUT2D eigenvalue weighted by Gasteiger charge is -2.12. The second-order valence-electron chi connectivity index (χ2n) is 6.65. The molecule has 31 heavy (non-hydrogen) atoms. The van der Waals surface area contributed by atoms with Crippen LogP contribution in [0.15, 0.2) is 64.4 Å². The molecule has 2 aromatic carbocycles. The quantitative estimate of drug-likeness (QED) is 0.483. The topological polar surface area (TPSA) is 99.4 Å². The van der Waals surface area contributed by atoms with E-state index in [0.29, 0.717) is 5.56 Å². The summed E-state index contributed by atoms with van der Waals surface area (Å²) in [6.45, 7) is 3.08. The van der Waals surface area contributed by atoms with Gasteiger partial charge in [0.1, 0.15) is 12.4 Å². The first-order valence-electron chi connectivity index (χ1n) is 9.46. The van der Waals surface area contributed by atoms with Crippen LogP contribution in [0.25, 0.3) is 5.69 Å². The average Bonchev–Trinajstić information content (AvgIpc) is 2.74. The summed E-state index contributed by atoms with van der Waals surface area (Å²) in [5.41, 5.74) is -0.628. The molecule has 160 valence electrons. The summed E-state index contributed by atoms with van der Waals surface area (Å²) < 4.78 is 20.5. The van der Waals surface area contributed by atoms with Gasteiger partial charge in [-0.05, 0) is 43.7 Å². The molecule has 0 saturated carbocycles. The number of benzene rings is 2. The van der Waals surface area contributed by atoms with Crippen LogP contribution in [0.3, 0.4) is 0 Å². The highest BCUT2D eigenvalue weighted by molar-refractivity contribution is 6.01. The average molecular weight is 425 g/mol. The Morgan fingerprint density at radius 2 is 1.81 bits per heavy atom. The number of hydrogen-bond acceptors (Lipinski definition) is 5. The summed E-state index contributed by atoms with van der Waals surface area (Å²) in [4.78, 5) is 49.5. The number of aromatic nitrogens is 2. The molecule has 0 fully saturated rings. The largest absolute Gasteiger partial charge is 0.462 e. The van der Waals surface area contributed by atoms with E-state index in [1.807, 2.05) is 0 Å². The minimum Gasteiger partial charge on any atom is -0.462 e. The van der Waals surface area contributed by atoms with E-state index >= 15 is 0 Å². The number of halogens is 1. The Morgan fingerprint density at radius 1 is 1.06 bits per heavy atom. The van der Waals surface area contributed by atoms with Gasteiger partial charge < -0.3 is 10.1 Å². The summed E-state index contributed by atoms with van der Waals surface area (Å²) in [6.07, 6.45) is 2.57. The van der Waals surface area contributed by atoms with Crippen LogP contribution in [0.5, 0.6) is 0 Å². The fraction of sp³-hybridized carbons (Fsp3) is 0.182. The van der Waals surface area contributed by atoms with Crippen molar-refractivity contribution in [3.8, 4) is 5.69 Å². The SMILES string of the molecule is CCOC(=O)c1ccccc1NC(=O)Cn1ccn(-c2cc(F)ccc2C)c(=O)c1=O. The monoisotopic (exact) mass is 425 g/mol. The molecule has 0 aliphatic rings. The first-order chi connectivity index (χ1) is 14.8. The third kappa shape index (κ3) is 4.77. The Morgan fingerprint density at radius 3 is 2.55 bits per heavy atom. The van der Waals surface area contributed by atoms with Crippen LogP contribution in [0.4, 0.5) is 10.1 Å². The number of rotatable bonds is 6. The summed E-state index contributed by atoms with van der Waals surface area (Å²) in [5.74, 6) is -1.75. The number of ether oxygens (including phenoxy) is 1. The summed E-state index contributed by atoms with van der Waals surface area (Å²) in [6, 6.07) is 10.2. The molecule has 0 aliphatic carbocycles. The maximum absolute atomic E-state index is 13.6. The van der Waals surface area contributed by atoms with Crippen LogP contribution < -0.4 is 16.4 Å². The van der Waals surface area contributed by atoms with Crippen molar-refractivity contribution in [2.24, 2.45) is 0 Å². The van der Waals surface area contributed by atoms with Crippen molar-refractivity contribution in [1.29, 1.82) is 0 Å². The van der Waals surface area contributed by atoms with E-state index in [1.54, 1.807) is 26.0 Å². The summed E-state index contributed by atoms with van der Waals surface area (Å²) in [5, 5.41) is 2.55. The highest BCUT2D eigenvalue weighted by Crippen LogP contribution is 2.16. The van der Waals surface area contributed by atoms with E-state index in [2.05, 4.69) is 5.32 Å². The van der Waals surface area contributed by atoms with Gasteiger partial charge in [0.2, 0.25) is 5.91 Å². The van der Waals surface area contributed by atoms with Crippen LogP contribution in [0.2, 0.25) is 0 Å². The molecule has 1 heterocycles. The van der Waals surface area contributed by atoms with Crippen LogP contribution in [0.1, 0.15) is 22.8 Å². The van der Waals surface area contributed by atoms with E-state index in [4.69, 9.17) is 4.74 Å². The second kappa shape index (κ2) is 9.21. The van der Waals surface area contributed by atoms with Crippen LogP contribution in [-0.4, -0.2) is 27.6 Å². The fourth-order valence-electron chi connectivity index (χ4n) is 2.99. The van der Waals surface area contributed by atoms with Gasteiger partial charge in [-0.3, -0.25) is 23.5 Å². The van der Waals surface area contributed by atoms with Gasteiger partial charge in [-0.1, -0.05) is 18.2 Å². The van der Waals surface area contributed by atoms with E-state index in [-0.39, 0.29) is 23.5 Å². The normalized spacial score (nSPS) is 10.5. The minimum absolute atomic E-state index is 0.169. The van der Waals surface area contributed by atoms with Crippen molar-refractivity contribution in [3.63, 3.8) is 0 Å². The number of nitrogens with zero attached hydrogens (tertiary/aromatic N) is 2. The van der Waals surface area contributed by atoms with Crippen LogP contribution >= 0.6 is 0 Å². The van der Waals surface area contributed by atoms with Crippen molar-refractivity contribution in [1.82, 2.24) is 9.13 Å². The Bertz CT molecular complexity index is 1260. The Hall–Kier alpha value is -4.01. The maximum Gasteiger partial charge on any atom is 0.340 e. The van der Waals surface area contributed by atoms with Gasteiger partial charge in [-0.15, -0.1) is 0 Å². The zero-order valence-electron chi connectivity index (χ0n) is 16.9. The number of carbonyl (C=O) groups excluding carboxylic acids is 2. The zero-order chi connectivity index (χ0) is 22.5. The second-order valence-corrected chi connectivity index (χ2v) is 6.65. The molecule has 1 aromatic heterocycles. The number of esters is 1. The molecule has 1 N–H and O–H groups in total. The van der Waals surface area contributed by atoms with Crippen molar-refractivity contribution < 1.29 is 18.7 Å². The van der Waals surface area contributed by atoms with E-state index in [9.17, 15) is 23.6 Å². The minimum atomic E-state index is -0.944. The highest BCUT2D eigenvalue weighted by Gasteiger charge is 2.16. The first-order valence-corrected chi connectivity index (χ1v) is 9.46. The van der Waals surface area contributed by atoms with Gasteiger partial charge >= 0.3 is 17.1 Å². The third-order valence-electron chi connectivity index (χ3n) is 4.50. The number of nitrogens with one attached hydrogen (secondary N) is 1. The van der Waals surface area contributed by atoms with Gasteiger partial charge in [-0.25, -0.2) is 9.18 Å². The first kappa shape index (κ1) is 21.7. The summed E-state index contributed by atoms with van der Waals surface area (Å²) in [7, 11) is 0. The summed E-state index contributed by atoms with van der Waals surface area (Å²) >= 11 is 0. The molecular weight excluding hydrogens is 405 g/mol. The standard InChI is InChI=1S/C22H20FN3O5/c1-3-31-22(30)16-6-4-5-7-17(16)24-19(27)13-25-10-11-26(21(29)20(25)28)18-12-15(23)9-8-14(18)2/h4-12H,3,13H2,1-2H3,(H,24,27). The molecule has 3 aromatic rings. The lowest BCUT2D eigenvalue weighted by Crippen LogP contribution is -2.41. The van der Waals surface area contributed by atoms with Gasteiger partial charge in [0.25, 0.3) is 0 Å². The molecule has 0 bridgehead atoms. The molecule has 1 amide bonds. The number of anilines is 1. The zero-order valence-corrected chi connectivity index (χ0v) is 16.9. The molecule has 9 heteroatoms. The fourth-order valence-corrected chi connectivity index (χ4v) is 2.99. The molecule has 0 radical (unpaired) electrons. The van der Waals surface area contributed by atoms with Crippen molar-refractivity contribution in [2.75, 3.05) is 11.9 Å². The molecule has 3 rings (SSSR count). The molecule has 0 aliphatic heterocycles. The number of para-hydroxylation sites is 1. The Kier molecular flexibility index (Phi) is 6.44. The predicted molar refractivity (Wildman–Crippen MR) is 112 cm³/mol. The number of amides is 1. The Balaban J connectivity index is 1.85. The molecule has 0 spiro atoms. The van der Waals surface area contributed by atoms with E-state index < -0.39 is 35.4 Å². The number of hydrogen-bond donors (Lipinski definition) is 1. The van der Waals surface area contributed by atoms with E-state index in [1.165, 1.54) is 36.7 Å². The lowest BCUT2D eigenvalue weighted by atomic mass is 10.2. The van der Waals surface area contributed by atoms with E-state index in [0.717, 1.165) is 15.2 Å². The number of aryl methyl sites for hydroxylation is 1. The van der Waals surface area contributed by atoms with Crippen molar-refractivity contribution in [3.05, 3.63) is 92.5 Å². The predicted octanol–water partition coefficient (Wildman–Crippen LogP) is 2.26. The Labute approximate surface area is 176 Å². The lowest BCUT2D eigenvalue weighted by molar-refractivity contribution is -0.116. The molecule has 0 unspecified atom stereocenters. The molecule has 0 atom stereocenters. The third-order valence-corrected chi connectivity index (χ3v) is 4.50. The van der Waals surface area contributed by atoms with Crippen LogP contribution in [0, 0.1) is 12.7 Å². The van der Waals surface area contributed by atoms with Crippen molar-refractivity contribution in [2.45, 2.75) is 20.4 Å². The smallest absolute Gasteiger partial charge is 0.340 e. The molecule has 8 nitrogen and oxygen atoms in total.